The van der Waals surface area contributed by atoms with Gasteiger partial charge in [-0.3, -0.25) is 5.32 Å². The molecule has 11 heteroatoms. The SMILES string of the molecule is CC(C)[C@H](C(C=O)NCC(F)(F)F)N(C)c1ccnc(-c2c[nH]c3ncncc23)n1. The Morgan fingerprint density at radius 1 is 1.30 bits per heavy atom. The molecule has 3 aromatic rings. The molecule has 0 radical (unpaired) electrons. The van der Waals surface area contributed by atoms with Crippen molar-refractivity contribution in [3.05, 3.63) is 31.0 Å². The van der Waals surface area contributed by atoms with E-state index in [0.717, 1.165) is 5.39 Å². The average Bonchev–Trinajstić information content (AvgIpc) is 3.14. The zero-order valence-corrected chi connectivity index (χ0v) is 16.7. The third kappa shape index (κ3) is 4.73. The molecule has 3 heterocycles. The van der Waals surface area contributed by atoms with Crippen LogP contribution in [0.15, 0.2) is 31.0 Å². The van der Waals surface area contributed by atoms with Crippen molar-refractivity contribution in [3.63, 3.8) is 0 Å². The van der Waals surface area contributed by atoms with E-state index in [-0.39, 0.29) is 5.92 Å². The molecule has 0 bridgehead atoms. The fourth-order valence-corrected chi connectivity index (χ4v) is 3.46. The van der Waals surface area contributed by atoms with Crippen LogP contribution in [0.2, 0.25) is 0 Å². The summed E-state index contributed by atoms with van der Waals surface area (Å²) in [5, 5.41) is 3.05. The van der Waals surface area contributed by atoms with Gasteiger partial charge in [0.2, 0.25) is 0 Å². The lowest BCUT2D eigenvalue weighted by Crippen LogP contribution is -2.54. The fourth-order valence-electron chi connectivity index (χ4n) is 3.46. The summed E-state index contributed by atoms with van der Waals surface area (Å²) in [4.78, 5) is 33.4. The Morgan fingerprint density at radius 2 is 2.07 bits per heavy atom. The molecule has 3 aromatic heterocycles. The fraction of sp³-hybridized carbons (Fsp3) is 0.421. The highest BCUT2D eigenvalue weighted by Gasteiger charge is 2.33. The molecule has 160 valence electrons. The lowest BCUT2D eigenvalue weighted by molar-refractivity contribution is -0.128. The number of hydrogen-bond donors (Lipinski definition) is 2. The first-order valence-corrected chi connectivity index (χ1v) is 9.30. The highest BCUT2D eigenvalue weighted by Crippen LogP contribution is 2.27. The summed E-state index contributed by atoms with van der Waals surface area (Å²) < 4.78 is 38.0. The number of fused-ring (bicyclic) bond motifs is 1. The molecule has 2 atom stereocenters. The van der Waals surface area contributed by atoms with Gasteiger partial charge in [0.1, 0.15) is 24.1 Å². The molecule has 0 aliphatic carbocycles. The van der Waals surface area contributed by atoms with Crippen LogP contribution in [0.1, 0.15) is 13.8 Å². The van der Waals surface area contributed by atoms with E-state index in [9.17, 15) is 18.0 Å². The predicted molar refractivity (Wildman–Crippen MR) is 106 cm³/mol. The van der Waals surface area contributed by atoms with Gasteiger partial charge in [-0.25, -0.2) is 19.9 Å². The summed E-state index contributed by atoms with van der Waals surface area (Å²) in [6.07, 6.45) is 2.44. The second-order valence-electron chi connectivity index (χ2n) is 7.23. The molecule has 0 spiro atoms. The van der Waals surface area contributed by atoms with Crippen molar-refractivity contribution in [1.29, 1.82) is 0 Å². The third-order valence-electron chi connectivity index (χ3n) is 4.78. The minimum absolute atomic E-state index is 0.133. The van der Waals surface area contributed by atoms with E-state index >= 15 is 0 Å². The van der Waals surface area contributed by atoms with Crippen molar-refractivity contribution in [2.24, 2.45) is 5.92 Å². The van der Waals surface area contributed by atoms with Gasteiger partial charge >= 0.3 is 6.18 Å². The van der Waals surface area contributed by atoms with E-state index in [1.54, 1.807) is 36.6 Å². The Kier molecular flexibility index (Phi) is 6.30. The zero-order chi connectivity index (χ0) is 21.9. The van der Waals surface area contributed by atoms with Crippen LogP contribution in [0.5, 0.6) is 0 Å². The van der Waals surface area contributed by atoms with Gasteiger partial charge in [0.05, 0.1) is 18.6 Å². The Morgan fingerprint density at radius 3 is 2.73 bits per heavy atom. The van der Waals surface area contributed by atoms with Gasteiger partial charge in [0, 0.05) is 36.6 Å². The Balaban J connectivity index is 1.91. The van der Waals surface area contributed by atoms with Crippen LogP contribution in [-0.2, 0) is 4.79 Å². The number of carbonyl (C=O) groups is 1. The topological polar surface area (TPSA) is 99.7 Å². The van der Waals surface area contributed by atoms with Crippen LogP contribution in [0.3, 0.4) is 0 Å². The number of alkyl halides is 3. The molecule has 1 unspecified atom stereocenters. The number of carbonyl (C=O) groups excluding carboxylic acids is 1. The number of aldehydes is 1. The summed E-state index contributed by atoms with van der Waals surface area (Å²) in [5.74, 6) is 0.755. The highest BCUT2D eigenvalue weighted by molar-refractivity contribution is 5.90. The standard InChI is InChI=1S/C19H22F3N7O/c1-11(2)16(14(8-30)26-9-19(20,21)22)29(3)15-4-5-24-18(28-15)13-7-25-17-12(13)6-23-10-27-17/h4-8,10-11,14,16,26H,9H2,1-3H3,(H,23,25,27)/t14?,16-/m1/s1. The zero-order valence-electron chi connectivity index (χ0n) is 16.7. The van der Waals surface area contributed by atoms with E-state index in [0.29, 0.717) is 29.1 Å². The number of hydrogen-bond acceptors (Lipinski definition) is 7. The molecule has 0 aromatic carbocycles. The van der Waals surface area contributed by atoms with Crippen molar-refractivity contribution >= 4 is 23.1 Å². The lowest BCUT2D eigenvalue weighted by atomic mass is 9.95. The number of halogens is 3. The number of nitrogens with zero attached hydrogens (tertiary/aromatic N) is 5. The molecule has 0 saturated carbocycles. The molecular formula is C19H22F3N7O. The summed E-state index contributed by atoms with van der Waals surface area (Å²) in [7, 11) is 1.70. The molecule has 0 aliphatic rings. The maximum absolute atomic E-state index is 12.7. The van der Waals surface area contributed by atoms with Crippen molar-refractivity contribution in [3.8, 4) is 11.4 Å². The molecule has 2 N–H and O–H groups in total. The predicted octanol–water partition coefficient (Wildman–Crippen LogP) is 2.60. The van der Waals surface area contributed by atoms with Gasteiger partial charge in [0.15, 0.2) is 5.82 Å². The van der Waals surface area contributed by atoms with Crippen LogP contribution in [0.25, 0.3) is 22.4 Å². The first-order chi connectivity index (χ1) is 14.2. The summed E-state index contributed by atoms with van der Waals surface area (Å²) in [6, 6.07) is 0.0611. The number of aromatic amines is 1. The smallest absolute Gasteiger partial charge is 0.354 e. The Labute approximate surface area is 171 Å². The second kappa shape index (κ2) is 8.74. The molecule has 3 rings (SSSR count). The Hall–Kier alpha value is -3.08. The van der Waals surface area contributed by atoms with Gasteiger partial charge in [-0.2, -0.15) is 13.2 Å². The van der Waals surface area contributed by atoms with Gasteiger partial charge in [-0.05, 0) is 12.0 Å². The first kappa shape index (κ1) is 21.6. The van der Waals surface area contributed by atoms with E-state index in [4.69, 9.17) is 0 Å². The van der Waals surface area contributed by atoms with Crippen LogP contribution in [0.4, 0.5) is 19.0 Å². The van der Waals surface area contributed by atoms with Crippen molar-refractivity contribution in [2.45, 2.75) is 32.1 Å². The van der Waals surface area contributed by atoms with Crippen molar-refractivity contribution in [1.82, 2.24) is 30.2 Å². The molecule has 0 fully saturated rings. The quantitative estimate of drug-likeness (QED) is 0.539. The number of H-pyrrole nitrogens is 1. The van der Waals surface area contributed by atoms with Gasteiger partial charge in [-0.15, -0.1) is 0 Å². The normalized spacial score (nSPS) is 14.1. The summed E-state index contributed by atoms with van der Waals surface area (Å²) in [6.45, 7) is 2.43. The monoisotopic (exact) mass is 421 g/mol. The first-order valence-electron chi connectivity index (χ1n) is 9.30. The average molecular weight is 421 g/mol. The third-order valence-corrected chi connectivity index (χ3v) is 4.78. The van der Waals surface area contributed by atoms with Gasteiger partial charge < -0.3 is 14.7 Å². The number of likely N-dealkylation sites (N-methyl/N-ethyl adjacent to an activating group) is 1. The van der Waals surface area contributed by atoms with Crippen LogP contribution >= 0.6 is 0 Å². The molecule has 8 nitrogen and oxygen atoms in total. The van der Waals surface area contributed by atoms with Gasteiger partial charge in [0.25, 0.3) is 0 Å². The minimum atomic E-state index is -4.42. The molecular weight excluding hydrogens is 399 g/mol. The molecule has 0 aliphatic heterocycles. The highest BCUT2D eigenvalue weighted by atomic mass is 19.4. The molecule has 30 heavy (non-hydrogen) atoms. The van der Waals surface area contributed by atoms with E-state index in [1.807, 2.05) is 13.8 Å². The van der Waals surface area contributed by atoms with Gasteiger partial charge in [-0.1, -0.05) is 13.8 Å². The second-order valence-corrected chi connectivity index (χ2v) is 7.23. The number of nitrogens with one attached hydrogen (secondary N) is 2. The number of rotatable bonds is 8. The van der Waals surface area contributed by atoms with Crippen molar-refractivity contribution in [2.75, 3.05) is 18.5 Å². The molecule has 0 saturated heterocycles. The van der Waals surface area contributed by atoms with Crippen molar-refractivity contribution < 1.29 is 18.0 Å². The minimum Gasteiger partial charge on any atom is -0.354 e. The maximum atomic E-state index is 12.7. The molecule has 0 amide bonds. The lowest BCUT2D eigenvalue weighted by Gasteiger charge is -2.36. The van der Waals surface area contributed by atoms with E-state index in [1.165, 1.54) is 6.33 Å². The number of aromatic nitrogens is 5. The van der Waals surface area contributed by atoms with Crippen LogP contribution < -0.4 is 10.2 Å². The van der Waals surface area contributed by atoms with E-state index in [2.05, 4.69) is 30.2 Å². The Bertz CT molecular complexity index is 1000. The largest absolute Gasteiger partial charge is 0.401 e. The summed E-state index contributed by atoms with van der Waals surface area (Å²) in [5.41, 5.74) is 1.34. The van der Waals surface area contributed by atoms with Crippen LogP contribution in [-0.4, -0.2) is 63.1 Å². The maximum Gasteiger partial charge on any atom is 0.401 e. The van der Waals surface area contributed by atoms with E-state index < -0.39 is 24.8 Å². The summed E-state index contributed by atoms with van der Waals surface area (Å²) >= 11 is 0. The number of anilines is 1. The van der Waals surface area contributed by atoms with Crippen LogP contribution in [0, 0.1) is 5.92 Å².